The van der Waals surface area contributed by atoms with Crippen molar-refractivity contribution in [3.05, 3.63) is 63.1 Å². The van der Waals surface area contributed by atoms with Gasteiger partial charge in [0.1, 0.15) is 11.3 Å². The molecule has 27 heavy (non-hydrogen) atoms. The highest BCUT2D eigenvalue weighted by Crippen LogP contribution is 2.36. The lowest BCUT2D eigenvalue weighted by molar-refractivity contribution is -0.132. The maximum atomic E-state index is 13.3. The third-order valence-electron chi connectivity index (χ3n) is 4.94. The molecular weight excluding hydrogens is 387 g/mol. The Morgan fingerprint density at radius 1 is 1.15 bits per heavy atom. The Morgan fingerprint density at radius 3 is 2.48 bits per heavy atom. The summed E-state index contributed by atoms with van der Waals surface area (Å²) < 4.78 is 5.29. The normalized spacial score (nSPS) is 19.4. The number of imide groups is 1. The van der Waals surface area contributed by atoms with E-state index in [-0.39, 0.29) is 12.5 Å². The number of benzene rings is 2. The maximum absolute atomic E-state index is 13.3. The van der Waals surface area contributed by atoms with Gasteiger partial charge in [-0.2, -0.15) is 0 Å². The van der Waals surface area contributed by atoms with Crippen LogP contribution < -0.4 is 10.1 Å². The number of hydrogen-bond acceptors (Lipinski definition) is 3. The highest BCUT2D eigenvalue weighted by atomic mass is 35.5. The van der Waals surface area contributed by atoms with E-state index in [1.807, 2.05) is 26.0 Å². The second kappa shape index (κ2) is 7.41. The van der Waals surface area contributed by atoms with Crippen LogP contribution in [0, 0.1) is 6.92 Å². The third-order valence-corrected chi connectivity index (χ3v) is 5.52. The molecule has 3 amide bonds. The first-order valence-electron chi connectivity index (χ1n) is 8.55. The van der Waals surface area contributed by atoms with Gasteiger partial charge in [-0.15, -0.1) is 0 Å². The van der Waals surface area contributed by atoms with Gasteiger partial charge in [0.2, 0.25) is 0 Å². The molecule has 1 unspecified atom stereocenters. The van der Waals surface area contributed by atoms with Crippen LogP contribution in [0.2, 0.25) is 10.0 Å². The Bertz CT molecular complexity index is 916. The number of aryl methyl sites for hydroxylation is 1. The van der Waals surface area contributed by atoms with E-state index in [2.05, 4.69) is 5.32 Å². The minimum atomic E-state index is -1.10. The number of nitrogens with zero attached hydrogens (tertiary/aromatic N) is 1. The van der Waals surface area contributed by atoms with Crippen molar-refractivity contribution in [3.63, 3.8) is 0 Å². The molecule has 1 saturated heterocycles. The lowest BCUT2D eigenvalue weighted by Crippen LogP contribution is -2.43. The van der Waals surface area contributed by atoms with E-state index in [0.717, 1.165) is 16.9 Å². The highest BCUT2D eigenvalue weighted by Gasteiger charge is 2.51. The van der Waals surface area contributed by atoms with E-state index < -0.39 is 11.6 Å². The van der Waals surface area contributed by atoms with Crippen molar-refractivity contribution in [2.45, 2.75) is 32.4 Å². The molecule has 0 bridgehead atoms. The van der Waals surface area contributed by atoms with Crippen molar-refractivity contribution in [2.24, 2.45) is 0 Å². The first-order valence-corrected chi connectivity index (χ1v) is 9.31. The topological polar surface area (TPSA) is 58.6 Å². The standard InChI is InChI=1S/C20H20Cl2N2O3/c1-4-20(14-6-8-17(27-3)12(2)9-14)18(25)24(19(26)23-20)11-13-5-7-15(21)10-16(13)22/h5-10H,4,11H2,1-3H3,(H,23,26). The second-order valence-electron chi connectivity index (χ2n) is 6.50. The first-order chi connectivity index (χ1) is 12.8. The Balaban J connectivity index is 1.96. The van der Waals surface area contributed by atoms with Crippen LogP contribution in [-0.4, -0.2) is 23.9 Å². The molecule has 2 aromatic carbocycles. The third kappa shape index (κ3) is 3.37. The Labute approximate surface area is 168 Å². The quantitative estimate of drug-likeness (QED) is 0.733. The minimum Gasteiger partial charge on any atom is -0.496 e. The van der Waals surface area contributed by atoms with Crippen molar-refractivity contribution < 1.29 is 14.3 Å². The van der Waals surface area contributed by atoms with Crippen molar-refractivity contribution >= 4 is 35.1 Å². The monoisotopic (exact) mass is 406 g/mol. The van der Waals surface area contributed by atoms with E-state index in [0.29, 0.717) is 22.0 Å². The van der Waals surface area contributed by atoms with Crippen molar-refractivity contribution in [1.29, 1.82) is 0 Å². The lowest BCUT2D eigenvalue weighted by Gasteiger charge is -2.26. The molecule has 1 atom stereocenters. The smallest absolute Gasteiger partial charge is 0.325 e. The molecule has 142 valence electrons. The van der Waals surface area contributed by atoms with Crippen molar-refractivity contribution in [3.8, 4) is 5.75 Å². The van der Waals surface area contributed by atoms with Crippen LogP contribution in [-0.2, 0) is 16.9 Å². The van der Waals surface area contributed by atoms with Gasteiger partial charge in [0.05, 0.1) is 13.7 Å². The SMILES string of the molecule is CCC1(c2ccc(OC)c(C)c2)NC(=O)N(Cc2ccc(Cl)cc2Cl)C1=O. The molecule has 1 fully saturated rings. The van der Waals surface area contributed by atoms with Gasteiger partial charge in [0.25, 0.3) is 5.91 Å². The molecule has 0 saturated carbocycles. The van der Waals surface area contributed by atoms with Gasteiger partial charge in [-0.1, -0.05) is 42.3 Å². The molecule has 0 radical (unpaired) electrons. The summed E-state index contributed by atoms with van der Waals surface area (Å²) in [7, 11) is 1.59. The fourth-order valence-electron chi connectivity index (χ4n) is 3.37. The summed E-state index contributed by atoms with van der Waals surface area (Å²) in [5.74, 6) is 0.428. The van der Waals surface area contributed by atoms with Crippen LogP contribution in [0.25, 0.3) is 0 Å². The van der Waals surface area contributed by atoms with Crippen LogP contribution >= 0.6 is 23.2 Å². The molecule has 5 nitrogen and oxygen atoms in total. The highest BCUT2D eigenvalue weighted by molar-refractivity contribution is 6.35. The van der Waals surface area contributed by atoms with Crippen LogP contribution in [0.15, 0.2) is 36.4 Å². The molecule has 0 aliphatic carbocycles. The molecule has 1 aliphatic heterocycles. The van der Waals surface area contributed by atoms with E-state index in [4.69, 9.17) is 27.9 Å². The number of hydrogen-bond donors (Lipinski definition) is 1. The number of halogens is 2. The zero-order valence-electron chi connectivity index (χ0n) is 15.3. The second-order valence-corrected chi connectivity index (χ2v) is 7.34. The van der Waals surface area contributed by atoms with E-state index in [9.17, 15) is 9.59 Å². The van der Waals surface area contributed by atoms with E-state index in [1.165, 1.54) is 4.90 Å². The maximum Gasteiger partial charge on any atom is 0.325 e. The van der Waals surface area contributed by atoms with E-state index in [1.54, 1.807) is 31.4 Å². The predicted octanol–water partition coefficient (Wildman–Crippen LogP) is 4.67. The lowest BCUT2D eigenvalue weighted by atomic mass is 9.86. The number of urea groups is 1. The molecular formula is C20H20Cl2N2O3. The summed E-state index contributed by atoms with van der Waals surface area (Å²) in [4.78, 5) is 27.1. The Morgan fingerprint density at radius 2 is 1.89 bits per heavy atom. The molecule has 3 rings (SSSR count). The van der Waals surface area contributed by atoms with Gasteiger partial charge in [0.15, 0.2) is 0 Å². The zero-order chi connectivity index (χ0) is 19.8. The zero-order valence-corrected chi connectivity index (χ0v) is 16.8. The molecule has 7 heteroatoms. The van der Waals surface area contributed by atoms with Gasteiger partial charge >= 0.3 is 6.03 Å². The van der Waals surface area contributed by atoms with Crippen molar-refractivity contribution in [2.75, 3.05) is 7.11 Å². The van der Waals surface area contributed by atoms with E-state index >= 15 is 0 Å². The average Bonchev–Trinajstić information content (AvgIpc) is 2.88. The van der Waals surface area contributed by atoms with Gasteiger partial charge in [0, 0.05) is 10.0 Å². The fourth-order valence-corrected chi connectivity index (χ4v) is 3.84. The summed E-state index contributed by atoms with van der Waals surface area (Å²) in [6, 6.07) is 10.0. The van der Waals surface area contributed by atoms with Crippen LogP contribution in [0.5, 0.6) is 5.75 Å². The summed E-state index contributed by atoms with van der Waals surface area (Å²) >= 11 is 12.1. The number of methoxy groups -OCH3 is 1. The number of ether oxygens (including phenoxy) is 1. The summed E-state index contributed by atoms with van der Waals surface area (Å²) in [6.07, 6.45) is 0.425. The van der Waals surface area contributed by atoms with Gasteiger partial charge in [-0.3, -0.25) is 9.69 Å². The van der Waals surface area contributed by atoms with Crippen LogP contribution in [0.1, 0.15) is 30.0 Å². The van der Waals surface area contributed by atoms with Gasteiger partial charge < -0.3 is 10.1 Å². The number of rotatable bonds is 5. The first kappa shape index (κ1) is 19.5. The molecule has 1 aliphatic rings. The Kier molecular flexibility index (Phi) is 5.36. The summed E-state index contributed by atoms with van der Waals surface area (Å²) in [5, 5.41) is 3.79. The summed E-state index contributed by atoms with van der Waals surface area (Å²) in [5.41, 5.74) is 1.17. The molecule has 0 aromatic heterocycles. The van der Waals surface area contributed by atoms with Crippen LogP contribution in [0.4, 0.5) is 4.79 Å². The largest absolute Gasteiger partial charge is 0.496 e. The molecule has 1 N–H and O–H groups in total. The number of amides is 3. The average molecular weight is 407 g/mol. The fraction of sp³-hybridized carbons (Fsp3) is 0.300. The molecule has 2 aromatic rings. The number of carbonyl (C=O) groups is 2. The summed E-state index contributed by atoms with van der Waals surface area (Å²) in [6.45, 7) is 3.85. The molecule has 1 heterocycles. The van der Waals surface area contributed by atoms with Crippen molar-refractivity contribution in [1.82, 2.24) is 10.2 Å². The molecule has 0 spiro atoms. The minimum absolute atomic E-state index is 0.0809. The Hall–Kier alpha value is -2.24. The van der Waals surface area contributed by atoms with Crippen LogP contribution in [0.3, 0.4) is 0 Å². The number of carbonyl (C=O) groups excluding carboxylic acids is 2. The van der Waals surface area contributed by atoms with Gasteiger partial charge in [-0.25, -0.2) is 4.79 Å². The predicted molar refractivity (Wildman–Crippen MR) is 105 cm³/mol. The number of nitrogens with one attached hydrogen (secondary N) is 1. The van der Waals surface area contributed by atoms with Gasteiger partial charge in [-0.05, 0) is 54.3 Å².